The number of carbonyl (C=O) groups excluding carboxylic acids is 1. The van der Waals surface area contributed by atoms with E-state index in [1.54, 1.807) is 11.0 Å². The first-order chi connectivity index (χ1) is 9.10. The molecule has 1 aliphatic heterocycles. The molecule has 0 unspecified atom stereocenters. The van der Waals surface area contributed by atoms with Gasteiger partial charge in [-0.05, 0) is 17.7 Å². The first-order valence-electron chi connectivity index (χ1n) is 6.15. The Morgan fingerprint density at radius 3 is 2.42 bits per heavy atom. The van der Waals surface area contributed by atoms with E-state index < -0.39 is 18.2 Å². The number of aliphatic hydroxyl groups is 1. The molecule has 104 valence electrons. The number of carbonyl (C=O) groups is 1. The van der Waals surface area contributed by atoms with Gasteiger partial charge >= 0.3 is 0 Å². The van der Waals surface area contributed by atoms with Crippen LogP contribution in [0.15, 0.2) is 18.2 Å². The van der Waals surface area contributed by atoms with Gasteiger partial charge in [-0.15, -0.1) is 0 Å². The summed E-state index contributed by atoms with van der Waals surface area (Å²) < 4.78 is 25.9. The molecule has 1 aromatic rings. The fourth-order valence-corrected chi connectivity index (χ4v) is 2.15. The first kappa shape index (κ1) is 13.9. The first-order valence-corrected chi connectivity index (χ1v) is 6.15. The van der Waals surface area contributed by atoms with Gasteiger partial charge in [0, 0.05) is 32.7 Å². The van der Waals surface area contributed by atoms with Crippen LogP contribution in [0.2, 0.25) is 0 Å². The average Bonchev–Trinajstić information content (AvgIpc) is 2.43. The summed E-state index contributed by atoms with van der Waals surface area (Å²) in [4.78, 5) is 14.9. The van der Waals surface area contributed by atoms with Crippen LogP contribution in [-0.4, -0.2) is 53.6 Å². The van der Waals surface area contributed by atoms with E-state index in [4.69, 9.17) is 5.11 Å². The molecule has 0 radical (unpaired) electrons. The number of piperazine rings is 1. The van der Waals surface area contributed by atoms with E-state index in [1.165, 1.54) is 6.07 Å². The topological polar surface area (TPSA) is 43.8 Å². The van der Waals surface area contributed by atoms with Crippen molar-refractivity contribution < 1.29 is 18.7 Å². The molecule has 6 heteroatoms. The molecule has 1 heterocycles. The fraction of sp³-hybridized carbons (Fsp3) is 0.462. The van der Waals surface area contributed by atoms with Gasteiger partial charge in [-0.1, -0.05) is 6.07 Å². The van der Waals surface area contributed by atoms with Crippen molar-refractivity contribution in [2.45, 2.75) is 6.54 Å². The normalized spacial score (nSPS) is 16.7. The van der Waals surface area contributed by atoms with Crippen molar-refractivity contribution in [2.24, 2.45) is 0 Å². The van der Waals surface area contributed by atoms with E-state index in [1.807, 2.05) is 0 Å². The molecule has 0 saturated carbocycles. The maximum absolute atomic E-state index is 13.1. The van der Waals surface area contributed by atoms with Crippen LogP contribution >= 0.6 is 0 Å². The third-order valence-corrected chi connectivity index (χ3v) is 3.25. The minimum Gasteiger partial charge on any atom is -0.387 e. The molecule has 0 spiro atoms. The number of hydrogen-bond donors (Lipinski definition) is 1. The Morgan fingerprint density at radius 1 is 1.16 bits per heavy atom. The molecular formula is C13H16F2N2O2. The van der Waals surface area contributed by atoms with Crippen molar-refractivity contribution in [2.75, 3.05) is 32.8 Å². The van der Waals surface area contributed by atoms with Gasteiger partial charge in [0.15, 0.2) is 11.6 Å². The second kappa shape index (κ2) is 6.08. The van der Waals surface area contributed by atoms with Gasteiger partial charge in [0.25, 0.3) is 0 Å². The summed E-state index contributed by atoms with van der Waals surface area (Å²) in [6, 6.07) is 3.88. The summed E-state index contributed by atoms with van der Waals surface area (Å²) in [6.07, 6.45) is 0. The van der Waals surface area contributed by atoms with Gasteiger partial charge < -0.3 is 10.0 Å². The summed E-state index contributed by atoms with van der Waals surface area (Å²) >= 11 is 0. The molecular weight excluding hydrogens is 254 g/mol. The molecule has 1 aliphatic rings. The molecule has 0 atom stereocenters. The monoisotopic (exact) mass is 270 g/mol. The maximum Gasteiger partial charge on any atom is 0.248 e. The van der Waals surface area contributed by atoms with Crippen LogP contribution in [0.25, 0.3) is 0 Å². The van der Waals surface area contributed by atoms with Crippen LogP contribution in [-0.2, 0) is 11.3 Å². The van der Waals surface area contributed by atoms with Gasteiger partial charge in [0.2, 0.25) is 5.91 Å². The molecule has 1 fully saturated rings. The zero-order valence-electron chi connectivity index (χ0n) is 10.5. The van der Waals surface area contributed by atoms with Gasteiger partial charge in [-0.3, -0.25) is 9.69 Å². The second-order valence-electron chi connectivity index (χ2n) is 4.56. The lowest BCUT2D eigenvalue weighted by molar-refractivity contribution is -0.135. The van der Waals surface area contributed by atoms with Crippen molar-refractivity contribution in [3.05, 3.63) is 35.4 Å². The minimum atomic E-state index is -0.845. The number of benzene rings is 1. The van der Waals surface area contributed by atoms with Crippen LogP contribution in [0.5, 0.6) is 0 Å². The standard InChI is InChI=1S/C13H16F2N2O2/c14-11-2-1-10(7-12(11)15)8-16-3-5-17(6-4-16)13(19)9-18/h1-2,7,18H,3-6,8-9H2. The van der Waals surface area contributed by atoms with Crippen molar-refractivity contribution in [3.63, 3.8) is 0 Å². The van der Waals surface area contributed by atoms with E-state index in [2.05, 4.69) is 4.90 Å². The predicted molar refractivity (Wildman–Crippen MR) is 65.3 cm³/mol. The van der Waals surface area contributed by atoms with E-state index in [9.17, 15) is 13.6 Å². The largest absolute Gasteiger partial charge is 0.387 e. The zero-order valence-corrected chi connectivity index (χ0v) is 10.5. The van der Waals surface area contributed by atoms with Crippen LogP contribution in [0, 0.1) is 11.6 Å². The third kappa shape index (κ3) is 3.48. The lowest BCUT2D eigenvalue weighted by Gasteiger charge is -2.34. The molecule has 19 heavy (non-hydrogen) atoms. The van der Waals surface area contributed by atoms with Crippen LogP contribution in [0.4, 0.5) is 8.78 Å². The number of nitrogens with zero attached hydrogens (tertiary/aromatic N) is 2. The molecule has 1 N–H and O–H groups in total. The molecule has 1 saturated heterocycles. The maximum atomic E-state index is 13.1. The summed E-state index contributed by atoms with van der Waals surface area (Å²) in [6.45, 7) is 2.46. The molecule has 4 nitrogen and oxygen atoms in total. The van der Waals surface area contributed by atoms with Crippen LogP contribution in [0.1, 0.15) is 5.56 Å². The number of halogens is 2. The van der Waals surface area contributed by atoms with Gasteiger partial charge in [0.1, 0.15) is 6.61 Å². The molecule has 0 aliphatic carbocycles. The van der Waals surface area contributed by atoms with Gasteiger partial charge in [-0.25, -0.2) is 8.78 Å². The third-order valence-electron chi connectivity index (χ3n) is 3.25. The Hall–Kier alpha value is -1.53. The van der Waals surface area contributed by atoms with E-state index in [0.717, 1.165) is 6.07 Å². The average molecular weight is 270 g/mol. The smallest absolute Gasteiger partial charge is 0.248 e. The van der Waals surface area contributed by atoms with E-state index >= 15 is 0 Å². The lowest BCUT2D eigenvalue weighted by Crippen LogP contribution is -2.49. The predicted octanol–water partition coefficient (Wildman–Crippen LogP) is 0.601. The van der Waals surface area contributed by atoms with Crippen molar-refractivity contribution in [3.8, 4) is 0 Å². The van der Waals surface area contributed by atoms with Gasteiger partial charge in [-0.2, -0.15) is 0 Å². The van der Waals surface area contributed by atoms with E-state index in [0.29, 0.717) is 38.3 Å². The second-order valence-corrected chi connectivity index (χ2v) is 4.56. The highest BCUT2D eigenvalue weighted by molar-refractivity contribution is 5.77. The molecule has 0 bridgehead atoms. The summed E-state index contributed by atoms with van der Waals surface area (Å²) in [7, 11) is 0. The van der Waals surface area contributed by atoms with Crippen molar-refractivity contribution >= 4 is 5.91 Å². The Balaban J connectivity index is 1.88. The van der Waals surface area contributed by atoms with Crippen molar-refractivity contribution in [1.82, 2.24) is 9.80 Å². The molecule has 1 aromatic carbocycles. The highest BCUT2D eigenvalue weighted by Gasteiger charge is 2.20. The Morgan fingerprint density at radius 2 is 1.84 bits per heavy atom. The Bertz CT molecular complexity index is 460. The molecule has 0 aromatic heterocycles. The highest BCUT2D eigenvalue weighted by atomic mass is 19.2. The summed E-state index contributed by atoms with van der Waals surface area (Å²) in [5.74, 6) is -1.96. The Labute approximate surface area is 110 Å². The van der Waals surface area contributed by atoms with Gasteiger partial charge in [0.05, 0.1) is 0 Å². The SMILES string of the molecule is O=C(CO)N1CCN(Cc2ccc(F)c(F)c2)CC1. The summed E-state index contributed by atoms with van der Waals surface area (Å²) in [5.41, 5.74) is 0.709. The van der Waals surface area contributed by atoms with Crippen molar-refractivity contribution in [1.29, 1.82) is 0 Å². The number of hydrogen-bond acceptors (Lipinski definition) is 3. The summed E-state index contributed by atoms with van der Waals surface area (Å²) in [5, 5.41) is 8.76. The number of amides is 1. The molecule has 2 rings (SSSR count). The minimum absolute atomic E-state index is 0.271. The van der Waals surface area contributed by atoms with Crippen LogP contribution < -0.4 is 0 Å². The highest BCUT2D eigenvalue weighted by Crippen LogP contribution is 2.12. The molecule has 1 amide bonds. The fourth-order valence-electron chi connectivity index (χ4n) is 2.15. The van der Waals surface area contributed by atoms with Crippen LogP contribution in [0.3, 0.4) is 0 Å². The lowest BCUT2D eigenvalue weighted by atomic mass is 10.2. The quantitative estimate of drug-likeness (QED) is 0.875. The zero-order chi connectivity index (χ0) is 13.8. The Kier molecular flexibility index (Phi) is 4.44. The van der Waals surface area contributed by atoms with E-state index in [-0.39, 0.29) is 5.91 Å². The number of aliphatic hydroxyl groups excluding tert-OH is 1. The number of rotatable bonds is 3.